The van der Waals surface area contributed by atoms with Crippen LogP contribution in [0.2, 0.25) is 0 Å². The third-order valence-corrected chi connectivity index (χ3v) is 4.13. The van der Waals surface area contributed by atoms with Crippen LogP contribution in [0.3, 0.4) is 0 Å². The summed E-state index contributed by atoms with van der Waals surface area (Å²) in [5.74, 6) is 0. The van der Waals surface area contributed by atoms with Crippen LogP contribution in [-0.2, 0) is 0 Å². The highest BCUT2D eigenvalue weighted by Crippen LogP contribution is 2.31. The Morgan fingerprint density at radius 2 is 2.33 bits per heavy atom. The van der Waals surface area contributed by atoms with E-state index in [2.05, 4.69) is 5.32 Å². The molecule has 1 heterocycles. The van der Waals surface area contributed by atoms with Crippen molar-refractivity contribution in [1.82, 2.24) is 5.32 Å². The Morgan fingerprint density at radius 3 is 2.80 bits per heavy atom. The topological polar surface area (TPSA) is 52.5 Å². The molecular weight excluding hydrogens is 210 g/mol. The molecule has 0 bridgehead atoms. The van der Waals surface area contributed by atoms with Crippen LogP contribution < -0.4 is 5.32 Å². The number of thiophene rings is 1. The second-order valence-electron chi connectivity index (χ2n) is 4.20. The van der Waals surface area contributed by atoms with Crippen LogP contribution in [0.5, 0.6) is 0 Å². The molecule has 1 unspecified atom stereocenters. The van der Waals surface area contributed by atoms with E-state index in [4.69, 9.17) is 0 Å². The molecule has 1 atom stereocenters. The SMILES string of the molecule is OCC1(NCC(O)c2cccs2)CCC1. The molecule has 1 aliphatic rings. The minimum absolute atomic E-state index is 0.113. The van der Waals surface area contributed by atoms with Crippen LogP contribution in [-0.4, -0.2) is 28.9 Å². The molecule has 1 aromatic heterocycles. The van der Waals surface area contributed by atoms with Gasteiger partial charge in [-0.25, -0.2) is 0 Å². The Bertz CT molecular complexity index is 290. The van der Waals surface area contributed by atoms with E-state index in [0.717, 1.165) is 17.7 Å². The van der Waals surface area contributed by atoms with Gasteiger partial charge in [0.25, 0.3) is 0 Å². The number of rotatable bonds is 5. The van der Waals surface area contributed by atoms with Crippen molar-refractivity contribution in [1.29, 1.82) is 0 Å². The third kappa shape index (κ3) is 2.39. The van der Waals surface area contributed by atoms with E-state index in [1.54, 1.807) is 11.3 Å². The van der Waals surface area contributed by atoms with Crippen molar-refractivity contribution in [3.8, 4) is 0 Å². The van der Waals surface area contributed by atoms with Crippen molar-refractivity contribution in [2.24, 2.45) is 0 Å². The molecular formula is C11H17NO2S. The van der Waals surface area contributed by atoms with Gasteiger partial charge in [-0.3, -0.25) is 0 Å². The molecule has 3 N–H and O–H groups in total. The second-order valence-corrected chi connectivity index (χ2v) is 5.18. The lowest BCUT2D eigenvalue weighted by Gasteiger charge is -2.41. The summed E-state index contributed by atoms with van der Waals surface area (Å²) < 4.78 is 0. The van der Waals surface area contributed by atoms with E-state index < -0.39 is 6.10 Å². The van der Waals surface area contributed by atoms with Gasteiger partial charge in [-0.1, -0.05) is 6.07 Å². The summed E-state index contributed by atoms with van der Waals surface area (Å²) in [6.07, 6.45) is 2.75. The van der Waals surface area contributed by atoms with Crippen molar-refractivity contribution >= 4 is 11.3 Å². The average molecular weight is 227 g/mol. The monoisotopic (exact) mass is 227 g/mol. The minimum atomic E-state index is -0.450. The molecule has 4 heteroatoms. The van der Waals surface area contributed by atoms with Crippen LogP contribution in [0.4, 0.5) is 0 Å². The van der Waals surface area contributed by atoms with Crippen LogP contribution in [0.1, 0.15) is 30.2 Å². The zero-order chi connectivity index (χ0) is 10.7. The molecule has 0 amide bonds. The van der Waals surface area contributed by atoms with Gasteiger partial charge in [-0.05, 0) is 30.7 Å². The normalized spacial score (nSPS) is 20.9. The molecule has 0 radical (unpaired) electrons. The van der Waals surface area contributed by atoms with Crippen molar-refractivity contribution in [3.05, 3.63) is 22.4 Å². The molecule has 84 valence electrons. The highest BCUT2D eigenvalue weighted by atomic mass is 32.1. The molecule has 1 aliphatic carbocycles. The number of β-amino-alcohol motifs (C(OH)–C–C–N with tert-alkyl or cyclic N) is 1. The molecule has 1 saturated carbocycles. The Labute approximate surface area is 93.8 Å². The molecule has 2 rings (SSSR count). The zero-order valence-electron chi connectivity index (χ0n) is 8.65. The largest absolute Gasteiger partial charge is 0.394 e. The van der Waals surface area contributed by atoms with Crippen molar-refractivity contribution < 1.29 is 10.2 Å². The van der Waals surface area contributed by atoms with E-state index >= 15 is 0 Å². The minimum Gasteiger partial charge on any atom is -0.394 e. The summed E-state index contributed by atoms with van der Waals surface area (Å²) >= 11 is 1.56. The predicted molar refractivity (Wildman–Crippen MR) is 60.9 cm³/mol. The van der Waals surface area contributed by atoms with E-state index in [9.17, 15) is 10.2 Å². The van der Waals surface area contributed by atoms with Gasteiger partial charge in [0.2, 0.25) is 0 Å². The fourth-order valence-corrected chi connectivity index (χ4v) is 2.60. The highest BCUT2D eigenvalue weighted by Gasteiger charge is 2.36. The number of hydrogen-bond donors (Lipinski definition) is 3. The van der Waals surface area contributed by atoms with Gasteiger partial charge in [0.15, 0.2) is 0 Å². The molecule has 0 aromatic carbocycles. The fourth-order valence-electron chi connectivity index (χ4n) is 1.89. The maximum atomic E-state index is 9.85. The first kappa shape index (κ1) is 11.1. The Balaban J connectivity index is 1.82. The van der Waals surface area contributed by atoms with Gasteiger partial charge in [0, 0.05) is 17.0 Å². The van der Waals surface area contributed by atoms with E-state index in [1.807, 2.05) is 17.5 Å². The fraction of sp³-hybridized carbons (Fsp3) is 0.636. The number of hydrogen-bond acceptors (Lipinski definition) is 4. The first-order chi connectivity index (χ1) is 7.26. The average Bonchev–Trinajstić information content (AvgIpc) is 2.69. The lowest BCUT2D eigenvalue weighted by molar-refractivity contribution is 0.0694. The van der Waals surface area contributed by atoms with Gasteiger partial charge in [0.1, 0.15) is 6.10 Å². The Kier molecular flexibility index (Phi) is 3.41. The summed E-state index contributed by atoms with van der Waals surface area (Å²) in [5.41, 5.74) is -0.113. The van der Waals surface area contributed by atoms with Crippen molar-refractivity contribution in [3.63, 3.8) is 0 Å². The predicted octanol–water partition coefficient (Wildman–Crippen LogP) is 1.29. The molecule has 1 fully saturated rings. The molecule has 0 saturated heterocycles. The van der Waals surface area contributed by atoms with Gasteiger partial charge >= 0.3 is 0 Å². The maximum Gasteiger partial charge on any atom is 0.101 e. The van der Waals surface area contributed by atoms with Crippen LogP contribution in [0, 0.1) is 0 Å². The first-order valence-corrected chi connectivity index (χ1v) is 6.21. The van der Waals surface area contributed by atoms with Crippen LogP contribution in [0.15, 0.2) is 17.5 Å². The highest BCUT2D eigenvalue weighted by molar-refractivity contribution is 7.10. The van der Waals surface area contributed by atoms with Crippen molar-refractivity contribution in [2.75, 3.05) is 13.2 Å². The standard InChI is InChI=1S/C11H17NO2S/c13-8-11(4-2-5-11)12-7-9(14)10-3-1-6-15-10/h1,3,6,9,12-14H,2,4-5,7-8H2. The van der Waals surface area contributed by atoms with E-state index in [0.29, 0.717) is 6.54 Å². The van der Waals surface area contributed by atoms with E-state index in [-0.39, 0.29) is 12.1 Å². The Morgan fingerprint density at radius 1 is 1.53 bits per heavy atom. The van der Waals surface area contributed by atoms with Crippen LogP contribution >= 0.6 is 11.3 Å². The summed E-state index contributed by atoms with van der Waals surface area (Å²) in [4.78, 5) is 0.981. The summed E-state index contributed by atoms with van der Waals surface area (Å²) in [7, 11) is 0. The van der Waals surface area contributed by atoms with Crippen molar-refractivity contribution in [2.45, 2.75) is 30.9 Å². The van der Waals surface area contributed by atoms with Gasteiger partial charge < -0.3 is 15.5 Å². The second kappa shape index (κ2) is 4.61. The zero-order valence-corrected chi connectivity index (χ0v) is 9.46. The summed E-state index contributed by atoms with van der Waals surface area (Å²) in [5, 5.41) is 24.3. The van der Waals surface area contributed by atoms with Gasteiger partial charge in [-0.15, -0.1) is 11.3 Å². The third-order valence-electron chi connectivity index (χ3n) is 3.16. The number of nitrogens with one attached hydrogen (secondary N) is 1. The van der Waals surface area contributed by atoms with Gasteiger partial charge in [0.05, 0.1) is 6.61 Å². The quantitative estimate of drug-likeness (QED) is 0.710. The lowest BCUT2D eigenvalue weighted by Crippen LogP contribution is -2.54. The molecule has 0 spiro atoms. The number of aliphatic hydroxyl groups is 2. The van der Waals surface area contributed by atoms with E-state index in [1.165, 1.54) is 6.42 Å². The maximum absolute atomic E-state index is 9.85. The van der Waals surface area contributed by atoms with Gasteiger partial charge in [-0.2, -0.15) is 0 Å². The first-order valence-electron chi connectivity index (χ1n) is 5.33. The smallest absolute Gasteiger partial charge is 0.101 e. The molecule has 15 heavy (non-hydrogen) atoms. The molecule has 3 nitrogen and oxygen atoms in total. The molecule has 0 aliphatic heterocycles. The molecule has 1 aromatic rings. The Hall–Kier alpha value is -0.420. The lowest BCUT2D eigenvalue weighted by atomic mass is 9.77. The van der Waals surface area contributed by atoms with Crippen LogP contribution in [0.25, 0.3) is 0 Å². The summed E-state index contributed by atoms with van der Waals surface area (Å²) in [6.45, 7) is 0.700. The summed E-state index contributed by atoms with van der Waals surface area (Å²) in [6, 6.07) is 3.87. The number of aliphatic hydroxyl groups excluding tert-OH is 2.